The average molecular weight is 214 g/mol. The lowest BCUT2D eigenvalue weighted by Gasteiger charge is -1.86. The monoisotopic (exact) mass is 214 g/mol. The maximum absolute atomic E-state index is 12.0. The highest BCUT2D eigenvalue weighted by molar-refractivity contribution is 5.77. The van der Waals surface area contributed by atoms with Crippen LogP contribution in [0.1, 0.15) is 26.3 Å². The molecule has 0 radical (unpaired) electrons. The van der Waals surface area contributed by atoms with Crippen molar-refractivity contribution in [3.05, 3.63) is 29.8 Å². The molecule has 0 aliphatic rings. The topological polar surface area (TPSA) is 56.0 Å². The molecule has 0 unspecified atom stereocenters. The summed E-state index contributed by atoms with van der Waals surface area (Å²) in [6.45, 7) is 7.49. The summed E-state index contributed by atoms with van der Waals surface area (Å²) in [5.74, 6) is -0.388. The number of carbonyl (C=O) groups excluding carboxylic acids is 1. The largest absolute Gasteiger partial charge is 0.324 e. The van der Waals surface area contributed by atoms with Gasteiger partial charge in [-0.2, -0.15) is 4.39 Å². The first-order valence-corrected chi connectivity index (χ1v) is 4.84. The smallest absolute Gasteiger partial charge is 0.212 e. The summed E-state index contributed by atoms with van der Waals surface area (Å²) in [6, 6.07) is 3.03. The highest BCUT2D eigenvalue weighted by Crippen LogP contribution is 1.94. The quantitative estimate of drug-likeness (QED) is 0.728. The zero-order valence-corrected chi connectivity index (χ0v) is 9.75. The molecule has 0 aromatic carbocycles. The van der Waals surface area contributed by atoms with Crippen LogP contribution in [-0.2, 0) is 4.79 Å². The number of carbonyl (C=O) groups is 1. The number of halogens is 1. The molecule has 0 bridgehead atoms. The predicted molar refractivity (Wildman–Crippen MR) is 60.0 cm³/mol. The van der Waals surface area contributed by atoms with Crippen LogP contribution in [-0.4, -0.2) is 17.3 Å². The number of pyridine rings is 1. The van der Waals surface area contributed by atoms with Crippen LogP contribution in [0.2, 0.25) is 0 Å². The number of aryl methyl sites for hydroxylation is 1. The third kappa shape index (κ3) is 12.7. The lowest BCUT2D eigenvalue weighted by Crippen LogP contribution is -2.07. The molecule has 0 aliphatic carbocycles. The van der Waals surface area contributed by atoms with Gasteiger partial charge in [-0.1, -0.05) is 19.9 Å². The first-order chi connectivity index (χ1) is 7.06. The van der Waals surface area contributed by atoms with Crippen LogP contribution in [0.5, 0.6) is 0 Å². The molecular weight excluding hydrogens is 195 g/mol. The van der Waals surface area contributed by atoms with E-state index in [0.29, 0.717) is 0 Å². The van der Waals surface area contributed by atoms with Gasteiger partial charge in [-0.05, 0) is 25.5 Å². The van der Waals surface area contributed by atoms with E-state index < -0.39 is 5.95 Å². The molecule has 2 N–H and O–H groups in total. The molecule has 1 heterocycles. The van der Waals surface area contributed by atoms with Gasteiger partial charge in [0.2, 0.25) is 5.95 Å². The first-order valence-electron chi connectivity index (χ1n) is 4.84. The fourth-order valence-corrected chi connectivity index (χ4v) is 0.450. The molecule has 0 amide bonds. The molecule has 0 spiro atoms. The van der Waals surface area contributed by atoms with Gasteiger partial charge in [-0.25, -0.2) is 4.98 Å². The second-order valence-electron chi connectivity index (χ2n) is 2.56. The molecule has 4 heteroatoms. The van der Waals surface area contributed by atoms with Crippen LogP contribution in [0, 0.1) is 12.9 Å². The minimum Gasteiger partial charge on any atom is -0.324 e. The van der Waals surface area contributed by atoms with E-state index in [4.69, 9.17) is 5.73 Å². The number of aromatic nitrogens is 1. The highest BCUT2D eigenvalue weighted by atomic mass is 19.1. The standard InChI is InChI=1S/C6H6FN.C3H7NO.C2H6/c1-5-2-3-6(7)8-4-5;1-3(5)2-4;1-2/h2-4H,1H3;2,4H2,1H3;1-2H3. The molecule has 1 rings (SSSR count). The Balaban J connectivity index is 0. The van der Waals surface area contributed by atoms with Gasteiger partial charge < -0.3 is 5.73 Å². The summed E-state index contributed by atoms with van der Waals surface area (Å²) in [7, 11) is 0. The van der Waals surface area contributed by atoms with Crippen LogP contribution >= 0.6 is 0 Å². The summed E-state index contributed by atoms with van der Waals surface area (Å²) in [5, 5.41) is 0. The van der Waals surface area contributed by atoms with Crippen LogP contribution in [0.3, 0.4) is 0 Å². The number of ketones is 1. The molecule has 0 fully saturated rings. The van der Waals surface area contributed by atoms with Crippen molar-refractivity contribution in [1.82, 2.24) is 4.98 Å². The Hall–Kier alpha value is -1.29. The molecule has 3 nitrogen and oxygen atoms in total. The second-order valence-corrected chi connectivity index (χ2v) is 2.56. The van der Waals surface area contributed by atoms with Crippen LogP contribution in [0.25, 0.3) is 0 Å². The van der Waals surface area contributed by atoms with E-state index in [1.165, 1.54) is 19.2 Å². The predicted octanol–water partition coefficient (Wildman–Crippen LogP) is 2.09. The molecule has 1 aromatic heterocycles. The van der Waals surface area contributed by atoms with Gasteiger partial charge in [0.05, 0.1) is 6.54 Å². The lowest BCUT2D eigenvalue weighted by atomic mass is 10.3. The van der Waals surface area contributed by atoms with Crippen molar-refractivity contribution in [2.45, 2.75) is 27.7 Å². The number of hydrogen-bond acceptors (Lipinski definition) is 3. The van der Waals surface area contributed by atoms with Crippen molar-refractivity contribution in [2.75, 3.05) is 6.54 Å². The van der Waals surface area contributed by atoms with Gasteiger partial charge >= 0.3 is 0 Å². The van der Waals surface area contributed by atoms with Crippen LogP contribution < -0.4 is 5.73 Å². The molecule has 0 aliphatic heterocycles. The van der Waals surface area contributed by atoms with E-state index in [2.05, 4.69) is 4.98 Å². The lowest BCUT2D eigenvalue weighted by molar-refractivity contribution is -0.115. The van der Waals surface area contributed by atoms with Crippen molar-refractivity contribution < 1.29 is 9.18 Å². The van der Waals surface area contributed by atoms with Crippen LogP contribution in [0.15, 0.2) is 18.3 Å². The Labute approximate surface area is 90.5 Å². The average Bonchev–Trinajstić information content (AvgIpc) is 2.26. The molecule has 0 saturated carbocycles. The van der Waals surface area contributed by atoms with Crippen molar-refractivity contribution in [1.29, 1.82) is 0 Å². The summed E-state index contributed by atoms with van der Waals surface area (Å²) in [5.41, 5.74) is 5.80. The summed E-state index contributed by atoms with van der Waals surface area (Å²) in [4.78, 5) is 13.1. The zero-order chi connectivity index (χ0) is 12.3. The number of nitrogens with two attached hydrogens (primary N) is 1. The van der Waals surface area contributed by atoms with Crippen molar-refractivity contribution >= 4 is 5.78 Å². The minimum absolute atomic E-state index is 0.0324. The van der Waals surface area contributed by atoms with Gasteiger partial charge in [0.25, 0.3) is 0 Å². The zero-order valence-electron chi connectivity index (χ0n) is 9.75. The number of Topliss-reactive ketones (excluding diaryl/α,β-unsaturated/α-hetero) is 1. The fraction of sp³-hybridized carbons (Fsp3) is 0.455. The van der Waals surface area contributed by atoms with Gasteiger partial charge in [0, 0.05) is 6.20 Å². The molecule has 15 heavy (non-hydrogen) atoms. The Bertz CT molecular complexity index is 239. The first kappa shape index (κ1) is 16.2. The molecule has 0 saturated heterocycles. The van der Waals surface area contributed by atoms with Gasteiger partial charge in [-0.15, -0.1) is 0 Å². The van der Waals surface area contributed by atoms with E-state index in [-0.39, 0.29) is 12.3 Å². The summed E-state index contributed by atoms with van der Waals surface area (Å²) >= 11 is 0. The maximum atomic E-state index is 12.0. The molecular formula is C11H19FN2O. The fourth-order valence-electron chi connectivity index (χ4n) is 0.450. The Morgan fingerprint density at radius 3 is 2.13 bits per heavy atom. The Morgan fingerprint density at radius 2 is 1.93 bits per heavy atom. The van der Waals surface area contributed by atoms with Gasteiger partial charge in [0.1, 0.15) is 5.78 Å². The van der Waals surface area contributed by atoms with Crippen molar-refractivity contribution in [2.24, 2.45) is 5.73 Å². The number of hydrogen-bond donors (Lipinski definition) is 1. The molecule has 0 atom stereocenters. The summed E-state index contributed by atoms with van der Waals surface area (Å²) < 4.78 is 12.0. The Kier molecular flexibility index (Phi) is 11.6. The van der Waals surface area contributed by atoms with Crippen molar-refractivity contribution in [3.8, 4) is 0 Å². The van der Waals surface area contributed by atoms with Crippen LogP contribution in [0.4, 0.5) is 4.39 Å². The Morgan fingerprint density at radius 1 is 1.47 bits per heavy atom. The number of nitrogens with zero attached hydrogens (tertiary/aromatic N) is 1. The van der Waals surface area contributed by atoms with E-state index >= 15 is 0 Å². The molecule has 86 valence electrons. The van der Waals surface area contributed by atoms with Gasteiger partial charge in [0.15, 0.2) is 0 Å². The second kappa shape index (κ2) is 10.8. The third-order valence-corrected chi connectivity index (χ3v) is 1.16. The normalized spacial score (nSPS) is 7.87. The highest BCUT2D eigenvalue weighted by Gasteiger charge is 1.85. The third-order valence-electron chi connectivity index (χ3n) is 1.16. The van der Waals surface area contributed by atoms with E-state index in [1.54, 1.807) is 6.07 Å². The number of rotatable bonds is 1. The maximum Gasteiger partial charge on any atom is 0.212 e. The van der Waals surface area contributed by atoms with E-state index in [1.807, 2.05) is 20.8 Å². The summed E-state index contributed by atoms with van der Waals surface area (Å²) in [6.07, 6.45) is 1.50. The van der Waals surface area contributed by atoms with E-state index in [9.17, 15) is 9.18 Å². The SMILES string of the molecule is CC.CC(=O)CN.Cc1ccc(F)nc1. The minimum atomic E-state index is -0.421. The van der Waals surface area contributed by atoms with Crippen molar-refractivity contribution in [3.63, 3.8) is 0 Å². The van der Waals surface area contributed by atoms with E-state index in [0.717, 1.165) is 5.56 Å². The molecule has 1 aromatic rings. The van der Waals surface area contributed by atoms with Gasteiger partial charge in [-0.3, -0.25) is 4.79 Å².